The fourth-order valence-electron chi connectivity index (χ4n) is 2.34. The quantitative estimate of drug-likeness (QED) is 0.827. The highest BCUT2D eigenvalue weighted by molar-refractivity contribution is 7.89. The molecule has 1 fully saturated rings. The summed E-state index contributed by atoms with van der Waals surface area (Å²) in [5.74, 6) is -1.03. The first-order valence-corrected chi connectivity index (χ1v) is 8.09. The Kier molecular flexibility index (Phi) is 5.16. The summed E-state index contributed by atoms with van der Waals surface area (Å²) in [6, 6.07) is -0.437. The monoisotopic (exact) mass is 277 g/mol. The Bertz CT molecular complexity index is 391. The van der Waals surface area contributed by atoms with Gasteiger partial charge in [-0.2, -0.15) is 4.31 Å². The van der Waals surface area contributed by atoms with Crippen molar-refractivity contribution in [1.29, 1.82) is 0 Å². The smallest absolute Gasteiger partial charge is 0.308 e. The highest BCUT2D eigenvalue weighted by atomic mass is 32.2. The van der Waals surface area contributed by atoms with Crippen LogP contribution in [0.25, 0.3) is 0 Å². The van der Waals surface area contributed by atoms with Gasteiger partial charge in [0.05, 0.1) is 11.7 Å². The maximum atomic E-state index is 12.2. The van der Waals surface area contributed by atoms with Crippen molar-refractivity contribution in [3.63, 3.8) is 0 Å². The van der Waals surface area contributed by atoms with E-state index in [0.717, 1.165) is 0 Å². The molecule has 0 unspecified atom stereocenters. The first-order valence-electron chi connectivity index (χ1n) is 6.48. The van der Waals surface area contributed by atoms with Crippen LogP contribution < -0.4 is 0 Å². The van der Waals surface area contributed by atoms with E-state index >= 15 is 0 Å². The van der Waals surface area contributed by atoms with E-state index in [4.69, 9.17) is 5.11 Å². The molecule has 2 atom stereocenters. The summed E-state index contributed by atoms with van der Waals surface area (Å²) in [6.07, 6.45) is 1.80. The molecular weight excluding hydrogens is 254 g/mol. The minimum Gasteiger partial charge on any atom is -0.481 e. The Morgan fingerprint density at radius 1 is 1.44 bits per heavy atom. The molecule has 1 aliphatic heterocycles. The number of carboxylic acids is 1. The van der Waals surface area contributed by atoms with E-state index in [1.54, 1.807) is 6.92 Å². The van der Waals surface area contributed by atoms with Gasteiger partial charge in [-0.3, -0.25) is 4.79 Å². The Morgan fingerprint density at radius 3 is 2.56 bits per heavy atom. The second-order valence-electron chi connectivity index (χ2n) is 5.44. The summed E-state index contributed by atoms with van der Waals surface area (Å²) in [6.45, 7) is 6.11. The number of hydrogen-bond acceptors (Lipinski definition) is 3. The zero-order valence-electron chi connectivity index (χ0n) is 11.3. The topological polar surface area (TPSA) is 74.7 Å². The summed E-state index contributed by atoms with van der Waals surface area (Å²) in [5, 5.41) is 9.09. The number of nitrogens with zero attached hydrogens (tertiary/aromatic N) is 1. The van der Waals surface area contributed by atoms with Crippen LogP contribution in [-0.4, -0.2) is 42.1 Å². The molecule has 1 N–H and O–H groups in total. The molecule has 0 aromatic heterocycles. The molecule has 106 valence electrons. The van der Waals surface area contributed by atoms with Crippen LogP contribution in [0.15, 0.2) is 0 Å². The first kappa shape index (κ1) is 15.4. The Hall–Kier alpha value is -0.620. The van der Waals surface area contributed by atoms with Gasteiger partial charge in [0.2, 0.25) is 10.0 Å². The number of hydrogen-bond donors (Lipinski definition) is 1. The third-order valence-corrected chi connectivity index (χ3v) is 5.54. The molecule has 1 rings (SSSR count). The van der Waals surface area contributed by atoms with Gasteiger partial charge < -0.3 is 5.11 Å². The van der Waals surface area contributed by atoms with Crippen LogP contribution in [0.3, 0.4) is 0 Å². The molecule has 6 heteroatoms. The highest BCUT2D eigenvalue weighted by Gasteiger charge is 2.38. The van der Waals surface area contributed by atoms with Gasteiger partial charge in [0, 0.05) is 12.6 Å². The average Bonchev–Trinajstić information content (AvgIpc) is 2.26. The lowest BCUT2D eigenvalue weighted by molar-refractivity contribution is -0.144. The van der Waals surface area contributed by atoms with Gasteiger partial charge in [-0.05, 0) is 32.1 Å². The lowest BCUT2D eigenvalue weighted by Crippen LogP contribution is -2.49. The fourth-order valence-corrected chi connectivity index (χ4v) is 4.40. The maximum Gasteiger partial charge on any atom is 0.308 e. The summed E-state index contributed by atoms with van der Waals surface area (Å²) < 4.78 is 25.8. The Labute approximate surface area is 109 Å². The van der Waals surface area contributed by atoms with Crippen molar-refractivity contribution in [3.05, 3.63) is 0 Å². The van der Waals surface area contributed by atoms with Crippen LogP contribution in [0.5, 0.6) is 0 Å². The third kappa shape index (κ3) is 3.68. The second-order valence-corrected chi connectivity index (χ2v) is 7.48. The molecule has 0 radical (unpaired) electrons. The predicted octanol–water partition coefficient (Wildman–Crippen LogP) is 1.55. The predicted molar refractivity (Wildman–Crippen MR) is 69.8 cm³/mol. The van der Waals surface area contributed by atoms with Gasteiger partial charge in [-0.1, -0.05) is 13.8 Å². The van der Waals surface area contributed by atoms with E-state index < -0.39 is 28.0 Å². The second kappa shape index (κ2) is 6.02. The highest BCUT2D eigenvalue weighted by Crippen LogP contribution is 2.26. The van der Waals surface area contributed by atoms with Crippen molar-refractivity contribution in [1.82, 2.24) is 4.31 Å². The standard InChI is InChI=1S/C12H23NO4S/c1-9(2)6-8-18(16,17)13-7-4-5-11(10(13)3)12(14)15/h9-11H,4-8H2,1-3H3,(H,14,15)/t10-,11-/m0/s1. The molecule has 18 heavy (non-hydrogen) atoms. The lowest BCUT2D eigenvalue weighted by atomic mass is 9.92. The maximum absolute atomic E-state index is 12.2. The van der Waals surface area contributed by atoms with Gasteiger partial charge >= 0.3 is 5.97 Å². The van der Waals surface area contributed by atoms with Crippen LogP contribution in [0, 0.1) is 11.8 Å². The third-order valence-electron chi connectivity index (χ3n) is 3.56. The summed E-state index contributed by atoms with van der Waals surface area (Å²) >= 11 is 0. The first-order chi connectivity index (χ1) is 8.25. The molecule has 0 aromatic rings. The van der Waals surface area contributed by atoms with Crippen molar-refractivity contribution >= 4 is 16.0 Å². The van der Waals surface area contributed by atoms with E-state index in [-0.39, 0.29) is 5.75 Å². The van der Waals surface area contributed by atoms with Crippen LogP contribution in [0.1, 0.15) is 40.0 Å². The summed E-state index contributed by atoms with van der Waals surface area (Å²) in [7, 11) is -3.32. The normalized spacial score (nSPS) is 26.4. The van der Waals surface area contributed by atoms with Crippen LogP contribution in [-0.2, 0) is 14.8 Å². The zero-order chi connectivity index (χ0) is 13.9. The van der Waals surface area contributed by atoms with E-state index in [1.165, 1.54) is 4.31 Å². The Balaban J connectivity index is 2.78. The molecule has 5 nitrogen and oxygen atoms in total. The van der Waals surface area contributed by atoms with Crippen LogP contribution in [0.4, 0.5) is 0 Å². The summed E-state index contributed by atoms with van der Waals surface area (Å²) in [5.41, 5.74) is 0. The number of rotatable bonds is 5. The molecule has 1 aliphatic rings. The van der Waals surface area contributed by atoms with Crippen molar-refractivity contribution in [2.45, 2.75) is 46.1 Å². The van der Waals surface area contributed by atoms with Gasteiger partial charge in [-0.15, -0.1) is 0 Å². The molecule has 0 aliphatic carbocycles. The SMILES string of the molecule is CC(C)CCS(=O)(=O)N1CCC[C@H](C(=O)O)[C@@H]1C. The molecule has 0 aromatic carbocycles. The van der Waals surface area contributed by atoms with Gasteiger partial charge in [-0.25, -0.2) is 8.42 Å². The van der Waals surface area contributed by atoms with Crippen molar-refractivity contribution in [3.8, 4) is 0 Å². The van der Waals surface area contributed by atoms with Crippen LogP contribution in [0.2, 0.25) is 0 Å². The van der Waals surface area contributed by atoms with Crippen molar-refractivity contribution < 1.29 is 18.3 Å². The zero-order valence-corrected chi connectivity index (χ0v) is 12.1. The number of aliphatic carboxylic acids is 1. The van der Waals surface area contributed by atoms with Gasteiger partial charge in [0.15, 0.2) is 0 Å². The molecular formula is C12H23NO4S. The van der Waals surface area contributed by atoms with Crippen molar-refractivity contribution in [2.24, 2.45) is 11.8 Å². The Morgan fingerprint density at radius 2 is 2.06 bits per heavy atom. The number of piperidine rings is 1. The minimum atomic E-state index is -3.32. The molecule has 1 saturated heterocycles. The van der Waals surface area contributed by atoms with E-state index in [2.05, 4.69) is 0 Å². The molecule has 0 spiro atoms. The number of sulfonamides is 1. The molecule has 1 heterocycles. The number of carbonyl (C=O) groups is 1. The van der Waals surface area contributed by atoms with E-state index in [1.807, 2.05) is 13.8 Å². The van der Waals surface area contributed by atoms with E-state index in [9.17, 15) is 13.2 Å². The lowest BCUT2D eigenvalue weighted by Gasteiger charge is -2.36. The van der Waals surface area contributed by atoms with Gasteiger partial charge in [0.25, 0.3) is 0 Å². The molecule has 0 amide bonds. The van der Waals surface area contributed by atoms with E-state index in [0.29, 0.717) is 31.7 Å². The number of carboxylic acid groups (broad SMARTS) is 1. The van der Waals surface area contributed by atoms with Crippen LogP contribution >= 0.6 is 0 Å². The van der Waals surface area contributed by atoms with Crippen molar-refractivity contribution in [2.75, 3.05) is 12.3 Å². The molecule has 0 saturated carbocycles. The van der Waals surface area contributed by atoms with Gasteiger partial charge in [0.1, 0.15) is 0 Å². The summed E-state index contributed by atoms with van der Waals surface area (Å²) in [4.78, 5) is 11.1. The largest absolute Gasteiger partial charge is 0.481 e. The minimum absolute atomic E-state index is 0.112. The average molecular weight is 277 g/mol. The fraction of sp³-hybridized carbons (Fsp3) is 0.917. The molecule has 0 bridgehead atoms.